The van der Waals surface area contributed by atoms with Gasteiger partial charge in [-0.15, -0.1) is 0 Å². The summed E-state index contributed by atoms with van der Waals surface area (Å²) in [5, 5.41) is 2.93. The van der Waals surface area contributed by atoms with E-state index < -0.39 is 27.7 Å². The third-order valence-electron chi connectivity index (χ3n) is 3.28. The van der Waals surface area contributed by atoms with Crippen molar-refractivity contribution in [3.05, 3.63) is 93.7 Å². The van der Waals surface area contributed by atoms with Crippen molar-refractivity contribution in [3.8, 4) is 5.75 Å². The summed E-state index contributed by atoms with van der Waals surface area (Å²) in [7, 11) is 0. The van der Waals surface area contributed by atoms with E-state index in [1.165, 1.54) is 0 Å². The van der Waals surface area contributed by atoms with Crippen LogP contribution in [0.5, 0.6) is 5.75 Å². The molecule has 0 aliphatic heterocycles. The number of halogens is 4. The third kappa shape index (κ3) is 3.78. The van der Waals surface area contributed by atoms with Gasteiger partial charge >= 0.3 is 0 Å². The zero-order valence-electron chi connectivity index (χ0n) is 12.6. The van der Waals surface area contributed by atoms with Crippen molar-refractivity contribution < 1.29 is 13.6 Å². The van der Waals surface area contributed by atoms with Crippen LogP contribution in [0.15, 0.2) is 65.8 Å². The lowest BCUT2D eigenvalue weighted by Crippen LogP contribution is -2.06. The molecule has 0 saturated carbocycles. The number of nitrogens with zero attached hydrogens (tertiary/aromatic N) is 2. The molecule has 0 aliphatic rings. The van der Waals surface area contributed by atoms with Gasteiger partial charge in [-0.3, -0.25) is 0 Å². The molecule has 2 aromatic carbocycles. The Morgan fingerprint density at radius 1 is 0.800 bits per heavy atom. The molecule has 0 N–H and O–H groups in total. The Bertz CT molecular complexity index is 852. The minimum absolute atomic E-state index is 0.433. The molecule has 3 rings (SSSR count). The Kier molecular flexibility index (Phi) is 5.26. The van der Waals surface area contributed by atoms with E-state index >= 15 is 0 Å². The van der Waals surface area contributed by atoms with Gasteiger partial charge in [-0.1, -0.05) is 89.0 Å². The molecule has 0 spiro atoms. The van der Waals surface area contributed by atoms with Crippen LogP contribution in [0, 0.1) is 11.9 Å². The lowest BCUT2D eigenvalue weighted by atomic mass is 10.0. The van der Waals surface area contributed by atoms with Crippen LogP contribution >= 0.6 is 23.2 Å². The second-order valence-electron chi connectivity index (χ2n) is 4.91. The van der Waals surface area contributed by atoms with Crippen LogP contribution in [0.4, 0.5) is 8.78 Å². The number of oxime groups is 1. The van der Waals surface area contributed by atoms with Gasteiger partial charge in [0.25, 0.3) is 0 Å². The van der Waals surface area contributed by atoms with Crippen molar-refractivity contribution in [1.82, 2.24) is 4.98 Å². The van der Waals surface area contributed by atoms with E-state index in [-0.39, 0.29) is 0 Å². The number of benzene rings is 2. The van der Waals surface area contributed by atoms with Crippen LogP contribution in [-0.4, -0.2) is 10.7 Å². The fourth-order valence-electron chi connectivity index (χ4n) is 2.10. The highest BCUT2D eigenvalue weighted by Gasteiger charge is 2.20. The van der Waals surface area contributed by atoms with Crippen molar-refractivity contribution in [2.75, 3.05) is 0 Å². The lowest BCUT2D eigenvalue weighted by molar-refractivity contribution is 0.335. The van der Waals surface area contributed by atoms with Gasteiger partial charge in [0, 0.05) is 11.1 Å². The summed E-state index contributed by atoms with van der Waals surface area (Å²) < 4.78 is 27.0. The molecule has 0 unspecified atom stereocenters. The molecule has 0 atom stereocenters. The normalized spacial score (nSPS) is 10.4. The van der Waals surface area contributed by atoms with E-state index in [2.05, 4.69) is 10.1 Å². The first-order chi connectivity index (χ1) is 12.1. The van der Waals surface area contributed by atoms with Crippen LogP contribution < -0.4 is 4.84 Å². The molecule has 3 aromatic rings. The summed E-state index contributed by atoms with van der Waals surface area (Å²) in [5.41, 5.74) is 1.94. The summed E-state index contributed by atoms with van der Waals surface area (Å²) in [6.07, 6.45) is 0. The summed E-state index contributed by atoms with van der Waals surface area (Å²) in [5.74, 6) is -2.89. The molecule has 1 heterocycles. The first-order valence-electron chi connectivity index (χ1n) is 7.13. The van der Waals surface area contributed by atoms with E-state index in [4.69, 9.17) is 28.0 Å². The van der Waals surface area contributed by atoms with Gasteiger partial charge in [-0.25, -0.2) is 0 Å². The molecule has 0 radical (unpaired) electrons. The van der Waals surface area contributed by atoms with E-state index in [1.807, 2.05) is 60.7 Å². The van der Waals surface area contributed by atoms with E-state index in [0.717, 1.165) is 11.1 Å². The second kappa shape index (κ2) is 7.59. The molecule has 0 bridgehead atoms. The summed E-state index contributed by atoms with van der Waals surface area (Å²) >= 11 is 11.5. The van der Waals surface area contributed by atoms with Gasteiger partial charge in [-0.05, 0) is 0 Å². The minimum Gasteiger partial charge on any atom is -0.353 e. The molecular formula is C18H10Cl2F2N2O. The number of hydrogen-bond donors (Lipinski definition) is 0. The average Bonchev–Trinajstić information content (AvgIpc) is 2.64. The second-order valence-corrected chi connectivity index (χ2v) is 5.67. The van der Waals surface area contributed by atoms with Gasteiger partial charge in [-0.2, -0.15) is 13.8 Å². The van der Waals surface area contributed by atoms with Crippen molar-refractivity contribution >= 4 is 28.9 Å². The molecule has 0 amide bonds. The van der Waals surface area contributed by atoms with Gasteiger partial charge < -0.3 is 4.84 Å². The van der Waals surface area contributed by atoms with E-state index in [9.17, 15) is 8.78 Å². The molecule has 0 saturated heterocycles. The van der Waals surface area contributed by atoms with Gasteiger partial charge in [0.05, 0.1) is 0 Å². The Labute approximate surface area is 152 Å². The Morgan fingerprint density at radius 3 is 1.68 bits per heavy atom. The fraction of sp³-hybridized carbons (Fsp3) is 0. The lowest BCUT2D eigenvalue weighted by Gasteiger charge is -2.09. The third-order valence-corrected chi connectivity index (χ3v) is 3.94. The summed E-state index contributed by atoms with van der Waals surface area (Å²) in [6, 6.07) is 18.3. The first kappa shape index (κ1) is 17.3. The summed E-state index contributed by atoms with van der Waals surface area (Å²) in [6.45, 7) is 0. The highest BCUT2D eigenvalue weighted by atomic mass is 35.5. The van der Waals surface area contributed by atoms with Crippen molar-refractivity contribution in [3.63, 3.8) is 0 Å². The average molecular weight is 379 g/mol. The number of rotatable bonds is 4. The van der Waals surface area contributed by atoms with Gasteiger partial charge in [0.2, 0.25) is 17.6 Å². The highest BCUT2D eigenvalue weighted by molar-refractivity contribution is 6.37. The minimum atomic E-state index is -1.23. The van der Waals surface area contributed by atoms with Crippen LogP contribution in [0.2, 0.25) is 10.0 Å². The molecule has 0 aliphatic carbocycles. The first-order valence-corrected chi connectivity index (χ1v) is 7.89. The van der Waals surface area contributed by atoms with Gasteiger partial charge in [0.15, 0.2) is 0 Å². The standard InChI is InChI=1S/C18H10Cl2F2N2O/c19-13-16(14(20)18(22)23-17(13)21)25-24-15(11-7-3-1-4-8-11)12-9-5-2-6-10-12/h1-10H. The molecule has 3 nitrogen and oxygen atoms in total. The molecular weight excluding hydrogens is 369 g/mol. The molecule has 126 valence electrons. The van der Waals surface area contributed by atoms with Crippen molar-refractivity contribution in [2.45, 2.75) is 0 Å². The predicted molar refractivity (Wildman–Crippen MR) is 93.3 cm³/mol. The molecule has 25 heavy (non-hydrogen) atoms. The number of hydrogen-bond acceptors (Lipinski definition) is 3. The maximum absolute atomic E-state index is 13.5. The van der Waals surface area contributed by atoms with E-state index in [1.54, 1.807) is 0 Å². The largest absolute Gasteiger partial charge is 0.353 e. The topological polar surface area (TPSA) is 34.5 Å². The fourth-order valence-corrected chi connectivity index (χ4v) is 2.49. The van der Waals surface area contributed by atoms with E-state index in [0.29, 0.717) is 5.71 Å². The molecule has 1 aromatic heterocycles. The Morgan fingerprint density at radius 2 is 1.24 bits per heavy atom. The molecule has 7 heteroatoms. The maximum Gasteiger partial charge on any atom is 0.238 e. The van der Waals surface area contributed by atoms with Crippen LogP contribution in [0.25, 0.3) is 0 Å². The number of aromatic nitrogens is 1. The zero-order chi connectivity index (χ0) is 17.8. The van der Waals surface area contributed by atoms with Crippen LogP contribution in [-0.2, 0) is 0 Å². The van der Waals surface area contributed by atoms with Crippen LogP contribution in [0.1, 0.15) is 11.1 Å². The van der Waals surface area contributed by atoms with Crippen LogP contribution in [0.3, 0.4) is 0 Å². The molecule has 0 fully saturated rings. The number of pyridine rings is 1. The smallest absolute Gasteiger partial charge is 0.238 e. The summed E-state index contributed by atoms with van der Waals surface area (Å²) in [4.78, 5) is 8.16. The highest BCUT2D eigenvalue weighted by Crippen LogP contribution is 2.35. The zero-order valence-corrected chi connectivity index (χ0v) is 14.1. The predicted octanol–water partition coefficient (Wildman–Crippen LogP) is 5.50. The SMILES string of the molecule is Fc1nc(F)c(Cl)c(ON=C(c2ccccc2)c2ccccc2)c1Cl. The van der Waals surface area contributed by atoms with Crippen molar-refractivity contribution in [2.24, 2.45) is 5.16 Å². The maximum atomic E-state index is 13.5. The van der Waals surface area contributed by atoms with Gasteiger partial charge in [0.1, 0.15) is 15.8 Å². The Hall–Kier alpha value is -2.50. The quantitative estimate of drug-likeness (QED) is 0.341. The van der Waals surface area contributed by atoms with Crippen molar-refractivity contribution in [1.29, 1.82) is 0 Å². The monoisotopic (exact) mass is 378 g/mol. The Balaban J connectivity index is 2.07.